The zero-order valence-corrected chi connectivity index (χ0v) is 46.8. The Kier molecular flexibility index (Phi) is 46.6. The molecule has 6 nitrogen and oxygen atoms in total. The zero-order chi connectivity index (χ0) is 45.8. The molecule has 0 aliphatic rings. The minimum Gasteiger partial charge on any atom is -0.0654 e. The number of hydrogen-bond acceptors (Lipinski definition) is 9. The fraction of sp³-hybridized carbons (Fsp3) is 0.942. The summed E-state index contributed by atoms with van der Waals surface area (Å²) < 4.78 is 19.4. The molecule has 0 aliphatic carbocycles. The van der Waals surface area contributed by atoms with Crippen LogP contribution in [0, 0.1) is 17.8 Å². The quantitative estimate of drug-likeness (QED) is 0.0320. The molecule has 3 atom stereocenters. The summed E-state index contributed by atoms with van der Waals surface area (Å²) in [6, 6.07) is 0. The molecule has 0 saturated heterocycles. The molecule has 0 amide bonds. The number of carbonyl (C=O) groups is 3. The first-order valence-corrected chi connectivity index (χ1v) is 34.2. The summed E-state index contributed by atoms with van der Waals surface area (Å²) in [6.45, 7) is 8.83. The van der Waals surface area contributed by atoms with Gasteiger partial charge in [0.25, 0.3) is 0 Å². The van der Waals surface area contributed by atoms with Gasteiger partial charge in [0.15, 0.2) is 0 Å². The predicted octanol–water partition coefficient (Wildman–Crippen LogP) is 17.1. The number of rotatable bonds is 48. The summed E-state index contributed by atoms with van der Waals surface area (Å²) in [7, 11) is 0. The third kappa shape index (κ3) is 35.5. The molecule has 10 heteroatoms. The summed E-state index contributed by atoms with van der Waals surface area (Å²) in [6.07, 6.45) is 44.2. The fourth-order valence-corrected chi connectivity index (χ4v) is 16.9. The van der Waals surface area contributed by atoms with E-state index in [1.807, 2.05) is 0 Å². The van der Waals surface area contributed by atoms with E-state index in [1.165, 1.54) is 154 Å². The van der Waals surface area contributed by atoms with Crippen molar-refractivity contribution in [2.75, 3.05) is 17.3 Å². The minimum absolute atomic E-state index is 0.293. The number of hydrogen-bond donors (Lipinski definition) is 3. The molecule has 0 radical (unpaired) electrons. The molecule has 0 rings (SSSR count). The van der Waals surface area contributed by atoms with Gasteiger partial charge in [-0.2, -0.15) is 0 Å². The van der Waals surface area contributed by atoms with Gasteiger partial charge in [0.05, 0.1) is 0 Å². The average Bonchev–Trinajstić information content (AvgIpc) is 3.26. The van der Waals surface area contributed by atoms with E-state index in [-0.39, 0.29) is 0 Å². The van der Waals surface area contributed by atoms with Crippen LogP contribution in [0.25, 0.3) is 0 Å². The first-order chi connectivity index (χ1) is 30.3. The number of unbranched alkanes of at least 4 members (excludes halogenated alkanes) is 31. The molecular weight excluding hydrogens is 935 g/mol. The molecule has 0 aromatic rings. The smallest absolute Gasteiger partial charge is 0.0654 e. The van der Waals surface area contributed by atoms with Gasteiger partial charge in [0.2, 0.25) is 0 Å². The summed E-state index contributed by atoms with van der Waals surface area (Å²) in [4.78, 5) is 42.1. The van der Waals surface area contributed by atoms with Crippen molar-refractivity contribution in [1.29, 1.82) is 0 Å². The Hall–Kier alpha value is 0.259. The third-order valence-electron chi connectivity index (χ3n) is 12.7. The zero-order valence-electron chi connectivity index (χ0n) is 41.2. The van der Waals surface area contributed by atoms with Crippen LogP contribution in [0.15, 0.2) is 0 Å². The molecule has 0 aliphatic heterocycles. The van der Waals surface area contributed by atoms with E-state index >= 15 is 0 Å². The van der Waals surface area contributed by atoms with E-state index in [0.29, 0.717) is 47.4 Å². The molecule has 0 aromatic carbocycles. The predicted molar refractivity (Wildman–Crippen MR) is 279 cm³/mol. The topological polar surface area (TPSA) is 78.9 Å². The second-order valence-corrected chi connectivity index (χ2v) is 26.8. The van der Waals surface area contributed by atoms with E-state index in [4.69, 9.17) is 9.22 Å². The van der Waals surface area contributed by atoms with E-state index in [2.05, 4.69) is 65.6 Å². The maximum absolute atomic E-state index is 14.0. The van der Waals surface area contributed by atoms with Crippen LogP contribution in [0.4, 0.5) is 0 Å². The van der Waals surface area contributed by atoms with Crippen LogP contribution in [-0.4, -0.2) is 54.8 Å². The maximum atomic E-state index is 14.0. The first kappa shape index (κ1) is 62.3. The van der Waals surface area contributed by atoms with Crippen LogP contribution < -0.4 is 0 Å². The van der Waals surface area contributed by atoms with Crippen LogP contribution in [0.2, 0.25) is 4.44 Å². The minimum atomic E-state index is -5.17. The molecule has 0 spiro atoms. The Morgan fingerprint density at radius 1 is 0.323 bits per heavy atom. The van der Waals surface area contributed by atoms with Gasteiger partial charge in [-0.3, -0.25) is 0 Å². The standard InChI is InChI=1S/3C16H32O2S.C4H9.Sn/c3*1-2-3-4-5-6-7-8-9-10-11-12-13-15(14-19)16(17)18;1-3-4-2;/h3*15,19H,2-14H2,1H3,(H,17,18);1,3-4H2,2H3;/q;;;;+3/p-3. The summed E-state index contributed by atoms with van der Waals surface area (Å²) >= 11 is 8.59. The Balaban J connectivity index is 5.60. The molecular formula is C52H102O6S3Sn. The Labute approximate surface area is 407 Å². The molecule has 0 heterocycles. The van der Waals surface area contributed by atoms with Gasteiger partial charge in [-0.05, 0) is 0 Å². The summed E-state index contributed by atoms with van der Waals surface area (Å²) in [5.74, 6) is -1.61. The van der Waals surface area contributed by atoms with Gasteiger partial charge in [-0.15, -0.1) is 0 Å². The second-order valence-electron chi connectivity index (χ2n) is 18.7. The van der Waals surface area contributed by atoms with Crippen LogP contribution in [0.1, 0.15) is 272 Å². The molecule has 3 unspecified atom stereocenters. The van der Waals surface area contributed by atoms with Crippen molar-refractivity contribution in [3.63, 3.8) is 0 Å². The molecule has 62 heavy (non-hydrogen) atoms. The fourth-order valence-electron chi connectivity index (χ4n) is 8.33. The Morgan fingerprint density at radius 2 is 0.516 bits per heavy atom. The normalized spacial score (nSPS) is 14.0. The van der Waals surface area contributed by atoms with Crippen LogP contribution in [0.3, 0.4) is 0 Å². The number of carbonyl (C=O) groups excluding carboxylic acids is 3. The molecule has 368 valence electrons. The molecule has 0 fully saturated rings. The molecule has 0 N–H and O–H groups in total. The molecule has 0 saturated carbocycles. The Bertz CT molecular complexity index is 902. The van der Waals surface area contributed by atoms with E-state index < -0.39 is 55.3 Å². The average molecular weight is 1040 g/mol. The van der Waals surface area contributed by atoms with Crippen LogP contribution in [-0.2, 0) is 23.6 Å². The van der Waals surface area contributed by atoms with Gasteiger partial charge in [0.1, 0.15) is 0 Å². The van der Waals surface area contributed by atoms with Gasteiger partial charge < -0.3 is 0 Å². The van der Waals surface area contributed by atoms with Gasteiger partial charge in [-0.1, -0.05) is 78.6 Å². The van der Waals surface area contributed by atoms with E-state index in [9.17, 15) is 14.4 Å². The third-order valence-corrected chi connectivity index (χ3v) is 21.2. The van der Waals surface area contributed by atoms with Crippen molar-refractivity contribution in [1.82, 2.24) is 0 Å². The monoisotopic (exact) mass is 1040 g/mol. The van der Waals surface area contributed by atoms with Crippen molar-refractivity contribution in [3.05, 3.63) is 0 Å². The Morgan fingerprint density at radius 3 is 0.710 bits per heavy atom. The summed E-state index contributed by atoms with van der Waals surface area (Å²) in [5.41, 5.74) is 0. The number of thiol groups is 3. The van der Waals surface area contributed by atoms with Gasteiger partial charge in [0, 0.05) is 0 Å². The van der Waals surface area contributed by atoms with Crippen LogP contribution >= 0.6 is 37.9 Å². The second kappa shape index (κ2) is 46.4. The molecule has 0 aromatic heterocycles. The van der Waals surface area contributed by atoms with Crippen molar-refractivity contribution in [2.24, 2.45) is 17.8 Å². The van der Waals surface area contributed by atoms with E-state index in [0.717, 1.165) is 64.2 Å². The van der Waals surface area contributed by atoms with Crippen molar-refractivity contribution >= 4 is 75.4 Å². The van der Waals surface area contributed by atoms with Crippen molar-refractivity contribution in [3.8, 4) is 0 Å². The van der Waals surface area contributed by atoms with Crippen molar-refractivity contribution in [2.45, 2.75) is 276 Å². The van der Waals surface area contributed by atoms with E-state index in [1.54, 1.807) is 0 Å². The van der Waals surface area contributed by atoms with Gasteiger partial charge >= 0.3 is 332 Å². The summed E-state index contributed by atoms with van der Waals surface area (Å²) in [5, 5.41) is 0. The van der Waals surface area contributed by atoms with Gasteiger partial charge in [-0.25, -0.2) is 0 Å². The molecule has 0 bridgehead atoms. The van der Waals surface area contributed by atoms with Crippen molar-refractivity contribution < 1.29 is 23.6 Å². The first-order valence-electron chi connectivity index (χ1n) is 26.8. The van der Waals surface area contributed by atoms with Crippen LogP contribution in [0.5, 0.6) is 0 Å². The SMILES string of the molecule is CCCCCCCCCCCCCC(CS)C(=O)[O][Sn]([CH2]CCC)([O]C(=O)C(CS)CCCCCCCCCCCCC)[O]C(=O)C(CS)CCCCCCCCCCCCC.